The Bertz CT molecular complexity index is 529. The van der Waals surface area contributed by atoms with Crippen LogP contribution in [0.2, 0.25) is 10.0 Å². The molecule has 0 spiro atoms. The van der Waals surface area contributed by atoms with Gasteiger partial charge in [-0.3, -0.25) is 4.79 Å². The Morgan fingerprint density at radius 2 is 2.00 bits per heavy atom. The van der Waals surface area contributed by atoms with Crippen molar-refractivity contribution in [2.24, 2.45) is 5.41 Å². The van der Waals surface area contributed by atoms with Crippen LogP contribution in [-0.4, -0.2) is 32.7 Å². The zero-order valence-corrected chi connectivity index (χ0v) is 15.7. The molecule has 2 rings (SSSR count). The number of rotatable bonds is 5. The fourth-order valence-corrected chi connectivity index (χ4v) is 3.14. The van der Waals surface area contributed by atoms with Gasteiger partial charge in [0.1, 0.15) is 0 Å². The summed E-state index contributed by atoms with van der Waals surface area (Å²) in [6.07, 6.45) is 1.56. The summed E-state index contributed by atoms with van der Waals surface area (Å²) in [6.45, 7) is 4.05. The van der Waals surface area contributed by atoms with Gasteiger partial charge in [0.2, 0.25) is 5.91 Å². The third-order valence-electron chi connectivity index (χ3n) is 4.25. The Balaban J connectivity index is 0.00000264. The number of piperidine rings is 1. The van der Waals surface area contributed by atoms with E-state index in [1.54, 1.807) is 19.2 Å². The summed E-state index contributed by atoms with van der Waals surface area (Å²) < 4.78 is 5.30. The van der Waals surface area contributed by atoms with Gasteiger partial charge in [-0.25, -0.2) is 0 Å². The van der Waals surface area contributed by atoms with Crippen molar-refractivity contribution < 1.29 is 9.53 Å². The first-order valence-electron chi connectivity index (χ1n) is 7.44. The van der Waals surface area contributed by atoms with E-state index < -0.39 is 5.41 Å². The normalized spacial score (nSPS) is 17.9. The third kappa shape index (κ3) is 4.97. The molecule has 130 valence electrons. The first-order chi connectivity index (χ1) is 10.5. The zero-order chi connectivity index (χ0) is 16.2. The lowest BCUT2D eigenvalue weighted by atomic mass is 9.78. The van der Waals surface area contributed by atoms with Crippen molar-refractivity contribution in [3.63, 3.8) is 0 Å². The zero-order valence-electron chi connectivity index (χ0n) is 13.3. The Hall–Kier alpha value is -0.520. The number of methoxy groups -OCH3 is 1. The highest BCUT2D eigenvalue weighted by atomic mass is 35.5. The summed E-state index contributed by atoms with van der Waals surface area (Å²) in [4.78, 5) is 12.8. The molecule has 1 amide bonds. The molecule has 7 heteroatoms. The Morgan fingerprint density at radius 3 is 2.57 bits per heavy atom. The number of amides is 1. The van der Waals surface area contributed by atoms with Crippen LogP contribution in [0, 0.1) is 5.41 Å². The average Bonchev–Trinajstić information content (AvgIpc) is 2.51. The summed E-state index contributed by atoms with van der Waals surface area (Å²) in [5.74, 6) is 0.0365. The predicted molar refractivity (Wildman–Crippen MR) is 96.7 cm³/mol. The molecule has 0 bridgehead atoms. The second kappa shape index (κ2) is 9.09. The average molecular weight is 382 g/mol. The summed E-state index contributed by atoms with van der Waals surface area (Å²) >= 11 is 12.0. The number of hydrogen-bond acceptors (Lipinski definition) is 3. The number of nitrogens with one attached hydrogen (secondary N) is 2. The summed E-state index contributed by atoms with van der Waals surface area (Å²) in [5, 5.41) is 7.38. The van der Waals surface area contributed by atoms with Crippen molar-refractivity contribution in [1.29, 1.82) is 0 Å². The molecule has 1 heterocycles. The molecule has 0 aromatic heterocycles. The molecule has 1 saturated heterocycles. The van der Waals surface area contributed by atoms with Crippen LogP contribution < -0.4 is 10.6 Å². The molecule has 1 fully saturated rings. The predicted octanol–water partition coefficient (Wildman–Crippen LogP) is 3.61. The molecule has 2 N–H and O–H groups in total. The molecule has 0 radical (unpaired) electrons. The molecule has 23 heavy (non-hydrogen) atoms. The van der Waals surface area contributed by atoms with E-state index >= 15 is 0 Å². The molecule has 0 saturated carbocycles. The van der Waals surface area contributed by atoms with Crippen molar-refractivity contribution in [1.82, 2.24) is 10.6 Å². The van der Waals surface area contributed by atoms with Gasteiger partial charge in [-0.1, -0.05) is 29.3 Å². The molecule has 1 atom stereocenters. The summed E-state index contributed by atoms with van der Waals surface area (Å²) in [5.41, 5.74) is 0.481. The van der Waals surface area contributed by atoms with Gasteiger partial charge in [-0.05, 0) is 50.6 Å². The lowest BCUT2D eigenvalue weighted by molar-refractivity contribution is -0.136. The van der Waals surface area contributed by atoms with E-state index in [0.29, 0.717) is 16.7 Å². The Kier molecular flexibility index (Phi) is 8.11. The highest BCUT2D eigenvalue weighted by Crippen LogP contribution is 2.31. The minimum absolute atomic E-state index is 0. The maximum Gasteiger partial charge on any atom is 0.229 e. The first kappa shape index (κ1) is 20.5. The van der Waals surface area contributed by atoms with Crippen molar-refractivity contribution in [2.75, 3.05) is 26.8 Å². The number of carbonyl (C=O) groups is 1. The van der Waals surface area contributed by atoms with Crippen molar-refractivity contribution >= 4 is 41.5 Å². The first-order valence-corrected chi connectivity index (χ1v) is 8.20. The van der Waals surface area contributed by atoms with Gasteiger partial charge in [0.05, 0.1) is 28.1 Å². The van der Waals surface area contributed by atoms with Gasteiger partial charge >= 0.3 is 0 Å². The van der Waals surface area contributed by atoms with Gasteiger partial charge in [-0.2, -0.15) is 0 Å². The Labute approximate surface area is 153 Å². The van der Waals surface area contributed by atoms with Gasteiger partial charge in [0.15, 0.2) is 0 Å². The van der Waals surface area contributed by atoms with Crippen molar-refractivity contribution in [2.45, 2.75) is 25.8 Å². The van der Waals surface area contributed by atoms with Crippen LogP contribution in [0.1, 0.15) is 31.4 Å². The van der Waals surface area contributed by atoms with Gasteiger partial charge in [-0.15, -0.1) is 12.4 Å². The van der Waals surface area contributed by atoms with Crippen molar-refractivity contribution in [3.8, 4) is 0 Å². The third-order valence-corrected chi connectivity index (χ3v) is 4.99. The molecule has 0 aliphatic carbocycles. The number of hydrogen-bond donors (Lipinski definition) is 2. The van der Waals surface area contributed by atoms with E-state index in [-0.39, 0.29) is 24.4 Å². The molecule has 1 unspecified atom stereocenters. The standard InChI is InChI=1S/C16H22Cl2N2O2.ClH/c1-11(12-3-4-13(17)14(18)9-12)20-15(21)16(10-22-2)5-7-19-8-6-16;/h3-4,9,11,19H,5-8,10H2,1-2H3,(H,20,21);1H. The second-order valence-corrected chi connectivity index (χ2v) is 6.65. The fourth-order valence-electron chi connectivity index (χ4n) is 2.83. The number of ether oxygens (including phenoxy) is 1. The SMILES string of the molecule is COCC1(C(=O)NC(C)c2ccc(Cl)c(Cl)c2)CCNCC1.Cl. The van der Waals surface area contributed by atoms with Crippen LogP contribution in [0.25, 0.3) is 0 Å². The molecule has 1 aromatic carbocycles. The smallest absolute Gasteiger partial charge is 0.229 e. The largest absolute Gasteiger partial charge is 0.384 e. The molecule has 1 aromatic rings. The van der Waals surface area contributed by atoms with E-state index in [1.807, 2.05) is 13.0 Å². The lowest BCUT2D eigenvalue weighted by Gasteiger charge is -2.36. The minimum Gasteiger partial charge on any atom is -0.384 e. The molecular weight excluding hydrogens is 359 g/mol. The number of halogens is 3. The van der Waals surface area contributed by atoms with E-state index in [1.165, 1.54) is 0 Å². The van der Waals surface area contributed by atoms with Crippen LogP contribution in [0.4, 0.5) is 0 Å². The van der Waals surface area contributed by atoms with Crippen LogP contribution in [0.3, 0.4) is 0 Å². The van der Waals surface area contributed by atoms with E-state index in [2.05, 4.69) is 10.6 Å². The van der Waals surface area contributed by atoms with Crippen molar-refractivity contribution in [3.05, 3.63) is 33.8 Å². The van der Waals surface area contributed by atoms with E-state index in [9.17, 15) is 4.79 Å². The highest BCUT2D eigenvalue weighted by Gasteiger charge is 2.40. The maximum absolute atomic E-state index is 12.8. The quantitative estimate of drug-likeness (QED) is 0.819. The fraction of sp³-hybridized carbons (Fsp3) is 0.562. The number of carbonyl (C=O) groups excluding carboxylic acids is 1. The highest BCUT2D eigenvalue weighted by molar-refractivity contribution is 6.42. The maximum atomic E-state index is 12.8. The van der Waals surface area contributed by atoms with Gasteiger partial charge in [0.25, 0.3) is 0 Å². The van der Waals surface area contributed by atoms with Crippen LogP contribution in [-0.2, 0) is 9.53 Å². The molecule has 1 aliphatic heterocycles. The van der Waals surface area contributed by atoms with Crippen LogP contribution in [0.5, 0.6) is 0 Å². The molecule has 4 nitrogen and oxygen atoms in total. The van der Waals surface area contributed by atoms with E-state index in [0.717, 1.165) is 31.5 Å². The summed E-state index contributed by atoms with van der Waals surface area (Å²) in [6, 6.07) is 5.29. The molecule has 1 aliphatic rings. The summed E-state index contributed by atoms with van der Waals surface area (Å²) in [7, 11) is 1.64. The van der Waals surface area contributed by atoms with Gasteiger partial charge in [0, 0.05) is 7.11 Å². The minimum atomic E-state index is -0.454. The monoisotopic (exact) mass is 380 g/mol. The topological polar surface area (TPSA) is 50.4 Å². The van der Waals surface area contributed by atoms with E-state index in [4.69, 9.17) is 27.9 Å². The lowest BCUT2D eigenvalue weighted by Crippen LogP contribution is -2.50. The second-order valence-electron chi connectivity index (χ2n) is 5.83. The van der Waals surface area contributed by atoms with Crippen LogP contribution >= 0.6 is 35.6 Å². The Morgan fingerprint density at radius 1 is 1.35 bits per heavy atom. The van der Waals surface area contributed by atoms with Gasteiger partial charge < -0.3 is 15.4 Å². The molecular formula is C16H23Cl3N2O2. The van der Waals surface area contributed by atoms with Crippen LogP contribution in [0.15, 0.2) is 18.2 Å². The number of benzene rings is 1.